The van der Waals surface area contributed by atoms with Gasteiger partial charge in [0.15, 0.2) is 0 Å². The lowest BCUT2D eigenvalue weighted by Crippen LogP contribution is -2.46. The molecule has 0 aliphatic heterocycles. The zero-order chi connectivity index (χ0) is 48.8. The molecule has 0 aromatic carbocycles. The van der Waals surface area contributed by atoms with Gasteiger partial charge < -0.3 is 20.3 Å². The third kappa shape index (κ3) is 50.5. The summed E-state index contributed by atoms with van der Waals surface area (Å²) >= 11 is 0. The van der Waals surface area contributed by atoms with Gasteiger partial charge in [0.1, 0.15) is 6.10 Å². The van der Waals surface area contributed by atoms with E-state index in [1.165, 1.54) is 225 Å². The van der Waals surface area contributed by atoms with Gasteiger partial charge in [-0.3, -0.25) is 9.59 Å². The largest absolute Gasteiger partial charge is 0.462 e. The number of esters is 1. The molecule has 0 saturated heterocycles. The van der Waals surface area contributed by atoms with E-state index in [1.54, 1.807) is 0 Å². The van der Waals surface area contributed by atoms with Crippen LogP contribution in [0.15, 0.2) is 24.3 Å². The Bertz CT molecular complexity index is 1060. The van der Waals surface area contributed by atoms with Crippen molar-refractivity contribution in [2.45, 2.75) is 347 Å². The summed E-state index contributed by atoms with van der Waals surface area (Å²) in [6.07, 6.45) is 65.3. The molecule has 3 atom stereocenters. The number of unbranched alkanes of at least 4 members (excludes halogenated alkanes) is 39. The number of carbonyl (C=O) groups excluding carboxylic acids is 2. The van der Waals surface area contributed by atoms with Crippen LogP contribution in [-0.2, 0) is 14.3 Å². The van der Waals surface area contributed by atoms with Crippen LogP contribution >= 0.6 is 0 Å². The second kappa shape index (κ2) is 55.3. The molecule has 0 radical (unpaired) electrons. The molecule has 0 aliphatic rings. The first-order chi connectivity index (χ1) is 33.0. The van der Waals surface area contributed by atoms with Crippen LogP contribution in [0.4, 0.5) is 0 Å². The first kappa shape index (κ1) is 65.3. The molecule has 396 valence electrons. The predicted octanol–water partition coefficient (Wildman–Crippen LogP) is 18.6. The summed E-state index contributed by atoms with van der Waals surface area (Å²) in [5.41, 5.74) is 0. The maximum absolute atomic E-state index is 13.3. The van der Waals surface area contributed by atoms with Crippen molar-refractivity contribution in [3.63, 3.8) is 0 Å². The van der Waals surface area contributed by atoms with E-state index in [1.807, 2.05) is 0 Å². The fourth-order valence-corrected chi connectivity index (χ4v) is 9.46. The van der Waals surface area contributed by atoms with Crippen LogP contribution < -0.4 is 5.32 Å². The lowest BCUT2D eigenvalue weighted by atomic mass is 10.0. The monoisotopic (exact) mass is 944 g/mol. The van der Waals surface area contributed by atoms with E-state index in [9.17, 15) is 19.8 Å². The molecule has 0 bridgehead atoms. The number of aliphatic hydroxyl groups excluding tert-OH is 2. The lowest BCUT2D eigenvalue weighted by Gasteiger charge is -2.24. The van der Waals surface area contributed by atoms with Crippen LogP contribution in [0.1, 0.15) is 329 Å². The molecule has 67 heavy (non-hydrogen) atoms. The van der Waals surface area contributed by atoms with Gasteiger partial charge in [0.05, 0.1) is 25.2 Å². The van der Waals surface area contributed by atoms with Crippen LogP contribution in [0.3, 0.4) is 0 Å². The van der Waals surface area contributed by atoms with Crippen molar-refractivity contribution in [1.29, 1.82) is 0 Å². The molecule has 0 rings (SSSR count). The van der Waals surface area contributed by atoms with Crippen molar-refractivity contribution >= 4 is 11.9 Å². The van der Waals surface area contributed by atoms with Crippen molar-refractivity contribution in [2.24, 2.45) is 0 Å². The van der Waals surface area contributed by atoms with E-state index in [0.717, 1.165) is 57.8 Å². The van der Waals surface area contributed by atoms with E-state index in [2.05, 4.69) is 50.4 Å². The highest BCUT2D eigenvalue weighted by Crippen LogP contribution is 2.19. The molecule has 0 spiro atoms. The molecule has 6 heteroatoms. The molecule has 0 heterocycles. The molecule has 3 unspecified atom stereocenters. The molecule has 0 aromatic heterocycles. The zero-order valence-electron chi connectivity index (χ0n) is 45.3. The summed E-state index contributed by atoms with van der Waals surface area (Å²) in [4.78, 5) is 26.3. The number of allylic oxidation sites excluding steroid dienone is 4. The Kier molecular flexibility index (Phi) is 53.9. The van der Waals surface area contributed by atoms with Crippen LogP contribution in [0, 0.1) is 0 Å². The van der Waals surface area contributed by atoms with Gasteiger partial charge in [-0.25, -0.2) is 0 Å². The summed E-state index contributed by atoms with van der Waals surface area (Å²) < 4.78 is 5.97. The first-order valence-electron chi connectivity index (χ1n) is 30.1. The number of hydrogen-bond donors (Lipinski definition) is 3. The SMILES string of the molecule is CCCCC/C=C\C/C=C\CCCCCCCCCC(=O)OC(CCCCCCCCCCCCCCCCC)CC(=O)NC(CO)C(O)CCCCCCCCCCCCCCCCCC. The molecular formula is C61H117NO5. The molecule has 0 saturated carbocycles. The van der Waals surface area contributed by atoms with Crippen molar-refractivity contribution in [3.8, 4) is 0 Å². The van der Waals surface area contributed by atoms with Gasteiger partial charge >= 0.3 is 5.97 Å². The van der Waals surface area contributed by atoms with Crippen LogP contribution in [-0.4, -0.2) is 46.9 Å². The highest BCUT2D eigenvalue weighted by atomic mass is 16.5. The summed E-state index contributed by atoms with van der Waals surface area (Å²) in [6, 6.07) is -0.699. The Morgan fingerprint density at radius 3 is 1.16 bits per heavy atom. The van der Waals surface area contributed by atoms with Gasteiger partial charge in [-0.2, -0.15) is 0 Å². The quantitative estimate of drug-likeness (QED) is 0.0321. The summed E-state index contributed by atoms with van der Waals surface area (Å²) in [6.45, 7) is 6.51. The number of amides is 1. The molecular weight excluding hydrogens is 827 g/mol. The fourth-order valence-electron chi connectivity index (χ4n) is 9.46. The summed E-state index contributed by atoms with van der Waals surface area (Å²) in [5.74, 6) is -0.461. The van der Waals surface area contributed by atoms with E-state index in [-0.39, 0.29) is 24.9 Å². The normalized spacial score (nSPS) is 13.2. The molecule has 0 fully saturated rings. The van der Waals surface area contributed by atoms with E-state index in [4.69, 9.17) is 4.74 Å². The zero-order valence-corrected chi connectivity index (χ0v) is 45.3. The molecule has 1 amide bonds. The number of hydrogen-bond acceptors (Lipinski definition) is 5. The first-order valence-corrected chi connectivity index (χ1v) is 30.1. The third-order valence-electron chi connectivity index (χ3n) is 14.0. The van der Waals surface area contributed by atoms with Gasteiger partial charge in [0.2, 0.25) is 5.91 Å². The Hall–Kier alpha value is -1.66. The Morgan fingerprint density at radius 2 is 0.761 bits per heavy atom. The van der Waals surface area contributed by atoms with Gasteiger partial charge in [0, 0.05) is 6.42 Å². The highest BCUT2D eigenvalue weighted by Gasteiger charge is 2.24. The Morgan fingerprint density at radius 1 is 0.433 bits per heavy atom. The summed E-state index contributed by atoms with van der Waals surface area (Å²) in [5, 5.41) is 23.9. The van der Waals surface area contributed by atoms with Crippen LogP contribution in [0.2, 0.25) is 0 Å². The van der Waals surface area contributed by atoms with Crippen molar-refractivity contribution in [1.82, 2.24) is 5.32 Å². The van der Waals surface area contributed by atoms with E-state index in [0.29, 0.717) is 19.3 Å². The van der Waals surface area contributed by atoms with E-state index < -0.39 is 18.2 Å². The number of aliphatic hydroxyl groups is 2. The maximum Gasteiger partial charge on any atom is 0.306 e. The van der Waals surface area contributed by atoms with Crippen molar-refractivity contribution in [2.75, 3.05) is 6.61 Å². The molecule has 6 nitrogen and oxygen atoms in total. The number of rotatable bonds is 55. The second-order valence-corrected chi connectivity index (χ2v) is 20.8. The average molecular weight is 945 g/mol. The minimum absolute atomic E-state index is 0.0809. The standard InChI is InChI=1S/C61H117NO5/c1-4-7-10-13-16-19-22-25-28-30-33-36-39-42-45-48-51-54-61(66)67-57(52-49-46-43-40-37-34-31-27-24-21-18-15-12-9-6-3)55-60(65)62-58(56-63)59(64)53-50-47-44-41-38-35-32-29-26-23-20-17-14-11-8-5-2/h16,19,25,28,57-59,63-64H,4-15,17-18,20-24,26-27,29-56H2,1-3H3,(H,62,65)/b19-16-,28-25-. The van der Waals surface area contributed by atoms with Crippen LogP contribution in [0.5, 0.6) is 0 Å². The predicted molar refractivity (Wildman–Crippen MR) is 292 cm³/mol. The fraction of sp³-hybridized carbons (Fsp3) is 0.902. The topological polar surface area (TPSA) is 95.9 Å². The number of ether oxygens (including phenoxy) is 1. The number of nitrogens with one attached hydrogen (secondary N) is 1. The van der Waals surface area contributed by atoms with Crippen LogP contribution in [0.25, 0.3) is 0 Å². The second-order valence-electron chi connectivity index (χ2n) is 20.8. The highest BCUT2D eigenvalue weighted by molar-refractivity contribution is 5.77. The number of carbonyl (C=O) groups is 2. The van der Waals surface area contributed by atoms with Gasteiger partial charge in [-0.1, -0.05) is 283 Å². The average Bonchev–Trinajstić information content (AvgIpc) is 3.32. The maximum atomic E-state index is 13.3. The smallest absolute Gasteiger partial charge is 0.306 e. The third-order valence-corrected chi connectivity index (χ3v) is 14.0. The molecule has 0 aromatic rings. The lowest BCUT2D eigenvalue weighted by molar-refractivity contribution is -0.151. The molecule has 0 aliphatic carbocycles. The minimum Gasteiger partial charge on any atom is -0.462 e. The van der Waals surface area contributed by atoms with E-state index >= 15 is 0 Å². The summed E-state index contributed by atoms with van der Waals surface area (Å²) in [7, 11) is 0. The van der Waals surface area contributed by atoms with Gasteiger partial charge in [-0.15, -0.1) is 0 Å². The van der Waals surface area contributed by atoms with Gasteiger partial charge in [0.25, 0.3) is 0 Å². The van der Waals surface area contributed by atoms with Gasteiger partial charge in [-0.05, 0) is 57.8 Å². The van der Waals surface area contributed by atoms with Crippen molar-refractivity contribution in [3.05, 3.63) is 24.3 Å². The molecule has 3 N–H and O–H groups in total. The van der Waals surface area contributed by atoms with Crippen molar-refractivity contribution < 1.29 is 24.5 Å². The Labute approximate surface area is 418 Å². The Balaban J connectivity index is 4.51. The minimum atomic E-state index is -0.786.